The van der Waals surface area contributed by atoms with E-state index in [-0.39, 0.29) is 17.9 Å². The molecule has 2 heterocycles. The fraction of sp³-hybridized carbons (Fsp3) is 0.240. The second kappa shape index (κ2) is 10.1. The quantitative estimate of drug-likeness (QED) is 0.351. The number of hydrogen-bond acceptors (Lipinski definition) is 7. The van der Waals surface area contributed by atoms with Gasteiger partial charge in [0.1, 0.15) is 0 Å². The summed E-state index contributed by atoms with van der Waals surface area (Å²) in [5, 5.41) is 10.2. The zero-order valence-corrected chi connectivity index (χ0v) is 21.8. The lowest BCUT2D eigenvalue weighted by Crippen LogP contribution is -2.39. The Morgan fingerprint density at radius 1 is 1.24 bits per heavy atom. The van der Waals surface area contributed by atoms with Crippen LogP contribution in [0.5, 0.6) is 11.5 Å². The number of aromatic hydroxyl groups is 1. The third-order valence-electron chi connectivity index (χ3n) is 5.28. The summed E-state index contributed by atoms with van der Waals surface area (Å²) in [6.45, 7) is 5.97. The van der Waals surface area contributed by atoms with E-state index in [1.807, 2.05) is 59.8 Å². The molecule has 2 aromatic carbocycles. The number of carbonyl (C=O) groups excluding carboxylic acids is 1. The maximum Gasteiger partial charge on any atom is 0.338 e. The van der Waals surface area contributed by atoms with Crippen LogP contribution in [-0.2, 0) is 9.53 Å². The van der Waals surface area contributed by atoms with Gasteiger partial charge in [0, 0.05) is 0 Å². The van der Waals surface area contributed by atoms with E-state index < -0.39 is 12.0 Å². The van der Waals surface area contributed by atoms with Crippen molar-refractivity contribution < 1.29 is 19.4 Å². The molecule has 1 aliphatic rings. The molecule has 0 saturated heterocycles. The van der Waals surface area contributed by atoms with E-state index in [1.165, 1.54) is 11.3 Å². The van der Waals surface area contributed by atoms with Gasteiger partial charge in [-0.15, -0.1) is 0 Å². The highest BCUT2D eigenvalue weighted by molar-refractivity contribution is 14.1. The number of ether oxygens (including phenoxy) is 2. The summed E-state index contributed by atoms with van der Waals surface area (Å²) in [6.07, 6.45) is 1.75. The normalized spacial score (nSPS) is 15.6. The first-order valence-corrected chi connectivity index (χ1v) is 12.6. The molecule has 7 nitrogen and oxygen atoms in total. The number of allylic oxidation sites excluding steroid dienone is 1. The van der Waals surface area contributed by atoms with Crippen LogP contribution in [0.25, 0.3) is 6.08 Å². The summed E-state index contributed by atoms with van der Waals surface area (Å²) in [4.78, 5) is 31.6. The van der Waals surface area contributed by atoms with Crippen molar-refractivity contribution in [2.75, 3.05) is 13.2 Å². The molecule has 0 bridgehead atoms. The molecule has 0 amide bonds. The Labute approximate surface area is 213 Å². The average Bonchev–Trinajstić information content (AvgIpc) is 3.11. The number of benzene rings is 2. The monoisotopic (exact) mass is 590 g/mol. The van der Waals surface area contributed by atoms with Gasteiger partial charge in [-0.05, 0) is 72.7 Å². The molecule has 9 heteroatoms. The fourth-order valence-corrected chi connectivity index (χ4v) is 5.51. The van der Waals surface area contributed by atoms with Gasteiger partial charge in [0.05, 0.1) is 38.6 Å². The SMILES string of the molecule is CCOC(=O)C1=C(C)N=c2s/c(=C/c3cc(I)c(O)c(OCC)c3)c(=O)n2C1c1ccccc1. The minimum atomic E-state index is -0.641. The molecular formula is C25H23IN2O5S. The number of carbonyl (C=O) groups is 1. The molecule has 1 aliphatic heterocycles. The van der Waals surface area contributed by atoms with Gasteiger partial charge in [-0.2, -0.15) is 0 Å². The van der Waals surface area contributed by atoms with E-state index >= 15 is 0 Å². The minimum Gasteiger partial charge on any atom is -0.504 e. The van der Waals surface area contributed by atoms with E-state index in [9.17, 15) is 14.7 Å². The summed E-state index contributed by atoms with van der Waals surface area (Å²) < 4.78 is 13.5. The summed E-state index contributed by atoms with van der Waals surface area (Å²) >= 11 is 3.28. The summed E-state index contributed by atoms with van der Waals surface area (Å²) in [7, 11) is 0. The van der Waals surface area contributed by atoms with Crippen molar-refractivity contribution in [1.29, 1.82) is 0 Å². The smallest absolute Gasteiger partial charge is 0.338 e. The Kier molecular flexibility index (Phi) is 7.22. The van der Waals surface area contributed by atoms with Crippen molar-refractivity contribution in [1.82, 2.24) is 4.57 Å². The van der Waals surface area contributed by atoms with Crippen LogP contribution in [0.15, 0.2) is 63.5 Å². The Balaban J connectivity index is 1.93. The molecule has 0 radical (unpaired) electrons. The van der Waals surface area contributed by atoms with Gasteiger partial charge in [0.2, 0.25) is 0 Å². The lowest BCUT2D eigenvalue weighted by atomic mass is 9.96. The predicted molar refractivity (Wildman–Crippen MR) is 139 cm³/mol. The molecule has 1 atom stereocenters. The van der Waals surface area contributed by atoms with Crippen LogP contribution >= 0.6 is 33.9 Å². The number of hydrogen-bond donors (Lipinski definition) is 1. The van der Waals surface area contributed by atoms with Crippen molar-refractivity contribution in [2.45, 2.75) is 26.8 Å². The Morgan fingerprint density at radius 3 is 2.65 bits per heavy atom. The molecule has 0 spiro atoms. The summed E-state index contributed by atoms with van der Waals surface area (Å²) in [6, 6.07) is 12.2. The standard InChI is InChI=1S/C25H23IN2O5S/c1-4-32-18-12-15(11-17(26)22(18)29)13-19-23(30)28-21(16-9-7-6-8-10-16)20(24(31)33-5-2)14(3)27-25(28)34-19/h6-13,21,29H,4-5H2,1-3H3/b19-13+. The number of halogens is 1. The zero-order chi connectivity index (χ0) is 24.4. The second-order valence-electron chi connectivity index (χ2n) is 7.50. The largest absolute Gasteiger partial charge is 0.504 e. The van der Waals surface area contributed by atoms with Crippen LogP contribution in [-0.4, -0.2) is 28.9 Å². The van der Waals surface area contributed by atoms with Crippen LogP contribution in [0.1, 0.15) is 37.9 Å². The van der Waals surface area contributed by atoms with Gasteiger partial charge in [-0.3, -0.25) is 9.36 Å². The van der Waals surface area contributed by atoms with E-state index in [0.717, 1.165) is 5.56 Å². The van der Waals surface area contributed by atoms with Gasteiger partial charge >= 0.3 is 5.97 Å². The first-order chi connectivity index (χ1) is 16.3. The highest BCUT2D eigenvalue weighted by atomic mass is 127. The van der Waals surface area contributed by atoms with Gasteiger partial charge in [-0.1, -0.05) is 41.7 Å². The number of aromatic nitrogens is 1. The van der Waals surface area contributed by atoms with Crippen LogP contribution < -0.4 is 19.6 Å². The van der Waals surface area contributed by atoms with Crippen LogP contribution in [0, 0.1) is 3.57 Å². The molecule has 3 aromatic rings. The van der Waals surface area contributed by atoms with Gasteiger partial charge < -0.3 is 14.6 Å². The van der Waals surface area contributed by atoms with Crippen molar-refractivity contribution in [3.05, 3.63) is 88.1 Å². The van der Waals surface area contributed by atoms with Gasteiger partial charge in [0.25, 0.3) is 5.56 Å². The molecule has 34 heavy (non-hydrogen) atoms. The maximum atomic E-state index is 13.6. The zero-order valence-electron chi connectivity index (χ0n) is 18.9. The van der Waals surface area contributed by atoms with Crippen molar-refractivity contribution >= 4 is 46.0 Å². The summed E-state index contributed by atoms with van der Waals surface area (Å²) in [5.41, 5.74) is 2.13. The van der Waals surface area contributed by atoms with E-state index in [4.69, 9.17) is 9.47 Å². The fourth-order valence-electron chi connectivity index (χ4n) is 3.84. The third kappa shape index (κ3) is 4.54. The second-order valence-corrected chi connectivity index (χ2v) is 9.67. The summed E-state index contributed by atoms with van der Waals surface area (Å²) in [5.74, 6) is -0.0582. The van der Waals surface area contributed by atoms with Gasteiger partial charge in [-0.25, -0.2) is 9.79 Å². The molecule has 1 unspecified atom stereocenters. The van der Waals surface area contributed by atoms with Gasteiger partial charge in [0.15, 0.2) is 16.3 Å². The van der Waals surface area contributed by atoms with E-state index in [0.29, 0.717) is 42.1 Å². The Morgan fingerprint density at radius 2 is 1.97 bits per heavy atom. The average molecular weight is 590 g/mol. The van der Waals surface area contributed by atoms with Crippen LogP contribution in [0.4, 0.5) is 0 Å². The highest BCUT2D eigenvalue weighted by Crippen LogP contribution is 2.33. The molecule has 176 valence electrons. The molecule has 1 N–H and O–H groups in total. The Hall–Kier alpha value is -2.92. The topological polar surface area (TPSA) is 90.1 Å². The van der Waals surface area contributed by atoms with Crippen molar-refractivity contribution in [2.24, 2.45) is 4.99 Å². The number of nitrogens with zero attached hydrogens (tertiary/aromatic N) is 2. The van der Waals surface area contributed by atoms with E-state index in [1.54, 1.807) is 36.6 Å². The number of esters is 1. The number of rotatable bonds is 6. The maximum absolute atomic E-state index is 13.6. The third-order valence-corrected chi connectivity index (χ3v) is 7.09. The highest BCUT2D eigenvalue weighted by Gasteiger charge is 2.33. The molecule has 4 rings (SSSR count). The number of fused-ring (bicyclic) bond motifs is 1. The number of phenols is 1. The predicted octanol–water partition coefficient (Wildman–Crippen LogP) is 3.51. The minimum absolute atomic E-state index is 0.0693. The van der Waals surface area contributed by atoms with Crippen LogP contribution in [0.3, 0.4) is 0 Å². The molecule has 0 saturated carbocycles. The molecular weight excluding hydrogens is 567 g/mol. The molecule has 0 fully saturated rings. The van der Waals surface area contributed by atoms with Crippen molar-refractivity contribution in [3.63, 3.8) is 0 Å². The Bertz CT molecular complexity index is 1460. The first kappa shape index (κ1) is 24.2. The molecule has 1 aromatic heterocycles. The number of thiazole rings is 1. The van der Waals surface area contributed by atoms with Crippen LogP contribution in [0.2, 0.25) is 0 Å². The molecule has 0 aliphatic carbocycles. The number of phenolic OH excluding ortho intramolecular Hbond substituents is 1. The van der Waals surface area contributed by atoms with E-state index in [2.05, 4.69) is 4.99 Å². The first-order valence-electron chi connectivity index (χ1n) is 10.8. The van der Waals surface area contributed by atoms with Crippen molar-refractivity contribution in [3.8, 4) is 11.5 Å². The lowest BCUT2D eigenvalue weighted by Gasteiger charge is -2.24. The lowest BCUT2D eigenvalue weighted by molar-refractivity contribution is -0.139.